The van der Waals surface area contributed by atoms with E-state index in [2.05, 4.69) is 29.4 Å². The van der Waals surface area contributed by atoms with E-state index < -0.39 is 0 Å². The van der Waals surface area contributed by atoms with Crippen LogP contribution in [0.25, 0.3) is 11.3 Å². The van der Waals surface area contributed by atoms with Crippen LogP contribution in [-0.4, -0.2) is 23.5 Å². The maximum absolute atomic E-state index is 11.0. The molecule has 1 aliphatic rings. The van der Waals surface area contributed by atoms with Crippen molar-refractivity contribution in [3.05, 3.63) is 47.7 Å². The van der Waals surface area contributed by atoms with Crippen molar-refractivity contribution in [1.29, 1.82) is 0 Å². The molecule has 1 amide bonds. The molecular formula is C17H18N2O2. The molecular weight excluding hydrogens is 264 g/mol. The molecule has 0 spiro atoms. The first-order chi connectivity index (χ1) is 10.1. The van der Waals surface area contributed by atoms with Gasteiger partial charge in [-0.15, -0.1) is 0 Å². The Bertz CT molecular complexity index is 668. The van der Waals surface area contributed by atoms with Crippen LogP contribution in [0.3, 0.4) is 0 Å². The number of ether oxygens (including phenoxy) is 1. The van der Waals surface area contributed by atoms with E-state index in [1.54, 1.807) is 6.20 Å². The van der Waals surface area contributed by atoms with E-state index in [0.717, 1.165) is 23.4 Å². The Kier molecular flexibility index (Phi) is 3.60. The van der Waals surface area contributed by atoms with Crippen molar-refractivity contribution in [2.24, 2.45) is 0 Å². The maximum atomic E-state index is 11.0. The van der Waals surface area contributed by atoms with Crippen LogP contribution < -0.4 is 10.1 Å². The maximum Gasteiger partial charge on any atom is 0.217 e. The van der Waals surface area contributed by atoms with E-state index in [9.17, 15) is 4.79 Å². The fourth-order valence-corrected chi connectivity index (χ4v) is 2.68. The van der Waals surface area contributed by atoms with Gasteiger partial charge in [0.2, 0.25) is 5.91 Å². The van der Waals surface area contributed by atoms with Crippen molar-refractivity contribution >= 4 is 5.91 Å². The summed E-state index contributed by atoms with van der Waals surface area (Å²) < 4.78 is 6.04. The van der Waals surface area contributed by atoms with Gasteiger partial charge in [-0.3, -0.25) is 9.78 Å². The molecule has 2 heterocycles. The third-order valence-electron chi connectivity index (χ3n) is 3.56. The van der Waals surface area contributed by atoms with Gasteiger partial charge >= 0.3 is 0 Å². The topological polar surface area (TPSA) is 51.2 Å². The van der Waals surface area contributed by atoms with E-state index in [1.807, 2.05) is 18.2 Å². The SMILES string of the molecule is CC(=O)NC[C@H]1Cc2cc(C)cc(-c3ccccn3)c2O1. The Labute approximate surface area is 124 Å². The van der Waals surface area contributed by atoms with Crippen LogP contribution in [0.15, 0.2) is 36.5 Å². The fourth-order valence-electron chi connectivity index (χ4n) is 2.68. The quantitative estimate of drug-likeness (QED) is 0.941. The summed E-state index contributed by atoms with van der Waals surface area (Å²) in [5.74, 6) is 0.866. The minimum Gasteiger partial charge on any atom is -0.487 e. The molecule has 0 saturated carbocycles. The number of hydrogen-bond donors (Lipinski definition) is 1. The lowest BCUT2D eigenvalue weighted by atomic mass is 10.0. The van der Waals surface area contributed by atoms with Gasteiger partial charge in [0.1, 0.15) is 11.9 Å². The number of rotatable bonds is 3. The summed E-state index contributed by atoms with van der Waals surface area (Å²) in [4.78, 5) is 15.5. The monoisotopic (exact) mass is 282 g/mol. The van der Waals surface area contributed by atoms with Crippen LogP contribution in [0.1, 0.15) is 18.1 Å². The summed E-state index contributed by atoms with van der Waals surface area (Å²) in [6, 6.07) is 10.1. The second kappa shape index (κ2) is 5.56. The summed E-state index contributed by atoms with van der Waals surface area (Å²) in [7, 11) is 0. The van der Waals surface area contributed by atoms with Crippen molar-refractivity contribution in [2.45, 2.75) is 26.4 Å². The first-order valence-electron chi connectivity index (χ1n) is 7.09. The van der Waals surface area contributed by atoms with Crippen LogP contribution in [0.4, 0.5) is 0 Å². The molecule has 0 aliphatic carbocycles. The molecule has 0 fully saturated rings. The molecule has 0 bridgehead atoms. The van der Waals surface area contributed by atoms with Crippen LogP contribution in [0, 0.1) is 6.92 Å². The van der Waals surface area contributed by atoms with Crippen LogP contribution in [0.5, 0.6) is 5.75 Å². The molecule has 3 rings (SSSR count). The molecule has 21 heavy (non-hydrogen) atoms. The molecule has 0 radical (unpaired) electrons. The Morgan fingerprint density at radius 1 is 1.43 bits per heavy atom. The third kappa shape index (κ3) is 2.89. The highest BCUT2D eigenvalue weighted by Gasteiger charge is 2.26. The lowest BCUT2D eigenvalue weighted by Crippen LogP contribution is -2.32. The van der Waals surface area contributed by atoms with Gasteiger partial charge in [0.05, 0.1) is 12.2 Å². The van der Waals surface area contributed by atoms with E-state index in [4.69, 9.17) is 4.74 Å². The molecule has 4 nitrogen and oxygen atoms in total. The van der Waals surface area contributed by atoms with E-state index in [-0.39, 0.29) is 12.0 Å². The Hall–Kier alpha value is -2.36. The molecule has 1 aromatic heterocycles. The molecule has 0 unspecified atom stereocenters. The second-order valence-electron chi connectivity index (χ2n) is 5.40. The molecule has 1 atom stereocenters. The summed E-state index contributed by atoms with van der Waals surface area (Å²) in [6.45, 7) is 4.13. The number of carbonyl (C=O) groups is 1. The molecule has 2 aromatic rings. The molecule has 1 aliphatic heterocycles. The number of benzene rings is 1. The average molecular weight is 282 g/mol. The van der Waals surface area contributed by atoms with Gasteiger partial charge < -0.3 is 10.1 Å². The van der Waals surface area contributed by atoms with Crippen LogP contribution in [0.2, 0.25) is 0 Å². The minimum absolute atomic E-state index is 0.00633. The van der Waals surface area contributed by atoms with Gasteiger partial charge in [-0.2, -0.15) is 0 Å². The smallest absolute Gasteiger partial charge is 0.217 e. The van der Waals surface area contributed by atoms with Crippen molar-refractivity contribution in [3.63, 3.8) is 0 Å². The summed E-state index contributed by atoms with van der Waals surface area (Å²) >= 11 is 0. The number of hydrogen-bond acceptors (Lipinski definition) is 3. The molecule has 4 heteroatoms. The number of nitrogens with one attached hydrogen (secondary N) is 1. The molecule has 1 N–H and O–H groups in total. The van der Waals surface area contributed by atoms with Crippen molar-refractivity contribution in [3.8, 4) is 17.0 Å². The first kappa shape index (κ1) is 13.6. The standard InChI is InChI=1S/C17H18N2O2/c1-11-7-13-9-14(10-19-12(2)20)21-17(13)15(8-11)16-5-3-4-6-18-16/h3-8,14H,9-10H2,1-2H3,(H,19,20)/t14-/m1/s1. The minimum atomic E-state index is -0.0318. The van der Waals surface area contributed by atoms with Gasteiger partial charge in [0, 0.05) is 25.1 Å². The van der Waals surface area contributed by atoms with E-state index in [0.29, 0.717) is 6.54 Å². The van der Waals surface area contributed by atoms with Crippen molar-refractivity contribution in [2.75, 3.05) is 6.54 Å². The van der Waals surface area contributed by atoms with Gasteiger partial charge in [0.25, 0.3) is 0 Å². The Morgan fingerprint density at radius 3 is 3.00 bits per heavy atom. The number of aromatic nitrogens is 1. The van der Waals surface area contributed by atoms with Crippen molar-refractivity contribution in [1.82, 2.24) is 10.3 Å². The highest BCUT2D eigenvalue weighted by atomic mass is 16.5. The highest BCUT2D eigenvalue weighted by Crippen LogP contribution is 2.38. The van der Waals surface area contributed by atoms with Crippen molar-refractivity contribution < 1.29 is 9.53 Å². The zero-order valence-corrected chi connectivity index (χ0v) is 12.2. The normalized spacial score (nSPS) is 16.2. The number of amides is 1. The average Bonchev–Trinajstić information content (AvgIpc) is 2.88. The lowest BCUT2D eigenvalue weighted by molar-refractivity contribution is -0.119. The second-order valence-corrected chi connectivity index (χ2v) is 5.40. The van der Waals surface area contributed by atoms with Gasteiger partial charge in [-0.1, -0.05) is 12.1 Å². The third-order valence-corrected chi connectivity index (χ3v) is 3.56. The van der Waals surface area contributed by atoms with E-state index in [1.165, 1.54) is 18.1 Å². The Balaban J connectivity index is 1.91. The number of aryl methyl sites for hydroxylation is 1. The zero-order chi connectivity index (χ0) is 14.8. The molecule has 108 valence electrons. The highest BCUT2D eigenvalue weighted by molar-refractivity contribution is 5.73. The number of fused-ring (bicyclic) bond motifs is 1. The summed E-state index contributed by atoms with van der Waals surface area (Å²) in [6.07, 6.45) is 2.60. The van der Waals surface area contributed by atoms with E-state index >= 15 is 0 Å². The lowest BCUT2D eigenvalue weighted by Gasteiger charge is -2.13. The number of nitrogens with zero attached hydrogens (tertiary/aromatic N) is 1. The number of carbonyl (C=O) groups excluding carboxylic acids is 1. The zero-order valence-electron chi connectivity index (χ0n) is 12.2. The largest absolute Gasteiger partial charge is 0.487 e. The fraction of sp³-hybridized carbons (Fsp3) is 0.294. The Morgan fingerprint density at radius 2 is 2.29 bits per heavy atom. The molecule has 1 aromatic carbocycles. The molecule has 0 saturated heterocycles. The van der Waals surface area contributed by atoms with Gasteiger partial charge in [-0.25, -0.2) is 0 Å². The number of pyridine rings is 1. The predicted molar refractivity (Wildman–Crippen MR) is 81.2 cm³/mol. The van der Waals surface area contributed by atoms with Gasteiger partial charge in [0.15, 0.2) is 0 Å². The summed E-state index contributed by atoms with van der Waals surface area (Å²) in [5.41, 5.74) is 4.32. The summed E-state index contributed by atoms with van der Waals surface area (Å²) in [5, 5.41) is 2.82. The predicted octanol–water partition coefficient (Wildman–Crippen LogP) is 2.50. The van der Waals surface area contributed by atoms with Gasteiger partial charge in [-0.05, 0) is 36.2 Å². The van der Waals surface area contributed by atoms with Crippen LogP contribution in [-0.2, 0) is 11.2 Å². The first-order valence-corrected chi connectivity index (χ1v) is 7.09. The van der Waals surface area contributed by atoms with Crippen LogP contribution >= 0.6 is 0 Å².